The summed E-state index contributed by atoms with van der Waals surface area (Å²) in [5.74, 6) is 0.000763. The van der Waals surface area contributed by atoms with Crippen LogP contribution in [0.5, 0.6) is 11.5 Å². The van der Waals surface area contributed by atoms with Crippen LogP contribution in [0.1, 0.15) is 33.5 Å². The van der Waals surface area contributed by atoms with E-state index in [1.807, 2.05) is 32.3 Å². The van der Waals surface area contributed by atoms with Crippen LogP contribution >= 0.6 is 0 Å². The average molecular weight is 449 g/mol. The second-order valence-electron chi connectivity index (χ2n) is 8.40. The molecule has 7 heteroatoms. The van der Waals surface area contributed by atoms with Crippen LogP contribution in [0.3, 0.4) is 0 Å². The number of nitrogens with zero attached hydrogens (tertiary/aromatic N) is 2. The van der Waals surface area contributed by atoms with Gasteiger partial charge < -0.3 is 24.0 Å². The minimum absolute atomic E-state index is 0.185. The van der Waals surface area contributed by atoms with Crippen LogP contribution in [0.25, 0.3) is 11.3 Å². The molecule has 172 valence electrons. The van der Waals surface area contributed by atoms with Crippen molar-refractivity contribution in [3.63, 3.8) is 0 Å². The lowest BCUT2D eigenvalue weighted by atomic mass is 9.98. The van der Waals surface area contributed by atoms with Crippen molar-refractivity contribution < 1.29 is 19.4 Å². The fourth-order valence-electron chi connectivity index (χ4n) is 4.46. The Balaban J connectivity index is 1.97. The molecular weight excluding hydrogens is 420 g/mol. The molecular formula is C26H28N2O5. The van der Waals surface area contributed by atoms with Crippen LogP contribution in [-0.4, -0.2) is 44.0 Å². The molecule has 0 bridgehead atoms. The number of fused-ring (bicyclic) bond motifs is 3. The first-order valence-corrected chi connectivity index (χ1v) is 10.9. The molecule has 0 aliphatic heterocycles. The van der Waals surface area contributed by atoms with Crippen molar-refractivity contribution in [3.8, 4) is 22.8 Å². The fraction of sp³-hybridized carbons (Fsp3) is 0.308. The molecule has 1 aliphatic rings. The number of carboxylic acids is 1. The number of hydrogen-bond acceptors (Lipinski definition) is 5. The molecule has 0 radical (unpaired) electrons. The molecule has 1 N–H and O–H groups in total. The number of aryl methyl sites for hydroxylation is 2. The maximum Gasteiger partial charge on any atom is 0.341 e. The molecule has 0 fully saturated rings. The average Bonchev–Trinajstić information content (AvgIpc) is 2.99. The summed E-state index contributed by atoms with van der Waals surface area (Å²) in [5, 5.41) is 9.73. The zero-order valence-electron chi connectivity index (χ0n) is 19.3. The number of benzene rings is 2. The predicted molar refractivity (Wildman–Crippen MR) is 128 cm³/mol. The molecule has 0 atom stereocenters. The van der Waals surface area contributed by atoms with Gasteiger partial charge in [-0.1, -0.05) is 6.07 Å². The SMILES string of the molecule is COc1ccc(Cn2c3c(cc(C(=O)O)c2=O)CCCc2cc(N(C)C)ccc2-3)c(OC)c1. The largest absolute Gasteiger partial charge is 0.497 e. The van der Waals surface area contributed by atoms with Gasteiger partial charge in [0.1, 0.15) is 17.1 Å². The van der Waals surface area contributed by atoms with E-state index in [9.17, 15) is 14.7 Å². The predicted octanol–water partition coefficient (Wildman–Crippen LogP) is 3.83. The van der Waals surface area contributed by atoms with Gasteiger partial charge in [-0.05, 0) is 60.7 Å². The van der Waals surface area contributed by atoms with E-state index in [0.717, 1.165) is 46.5 Å². The van der Waals surface area contributed by atoms with Gasteiger partial charge >= 0.3 is 5.97 Å². The lowest BCUT2D eigenvalue weighted by molar-refractivity contribution is 0.0694. The normalized spacial score (nSPS) is 12.4. The van der Waals surface area contributed by atoms with Crippen LogP contribution in [0.15, 0.2) is 47.3 Å². The number of aromatic carboxylic acids is 1. The zero-order valence-corrected chi connectivity index (χ0v) is 19.3. The summed E-state index contributed by atoms with van der Waals surface area (Å²) >= 11 is 0. The number of ether oxygens (including phenoxy) is 2. The van der Waals surface area contributed by atoms with Crippen molar-refractivity contribution in [2.45, 2.75) is 25.8 Å². The van der Waals surface area contributed by atoms with Crippen molar-refractivity contribution >= 4 is 11.7 Å². The number of anilines is 1. The van der Waals surface area contributed by atoms with Gasteiger partial charge in [0.15, 0.2) is 0 Å². The highest BCUT2D eigenvalue weighted by atomic mass is 16.5. The number of hydrogen-bond donors (Lipinski definition) is 1. The zero-order chi connectivity index (χ0) is 23.7. The molecule has 3 aromatic rings. The molecule has 1 aliphatic carbocycles. The summed E-state index contributed by atoms with van der Waals surface area (Å²) < 4.78 is 12.4. The Kier molecular flexibility index (Phi) is 6.14. The van der Waals surface area contributed by atoms with Crippen molar-refractivity contribution in [1.82, 2.24) is 4.57 Å². The van der Waals surface area contributed by atoms with E-state index in [-0.39, 0.29) is 12.1 Å². The van der Waals surface area contributed by atoms with Crippen LogP contribution in [-0.2, 0) is 19.4 Å². The Labute approximate surface area is 192 Å². The number of carbonyl (C=O) groups is 1. The third kappa shape index (κ3) is 4.18. The van der Waals surface area contributed by atoms with Crippen LogP contribution in [0.4, 0.5) is 5.69 Å². The van der Waals surface area contributed by atoms with E-state index in [1.165, 1.54) is 0 Å². The lowest BCUT2D eigenvalue weighted by Crippen LogP contribution is -2.29. The van der Waals surface area contributed by atoms with Gasteiger partial charge in [0.05, 0.1) is 26.5 Å². The molecule has 0 saturated carbocycles. The Morgan fingerprint density at radius 3 is 2.45 bits per heavy atom. The van der Waals surface area contributed by atoms with E-state index < -0.39 is 11.5 Å². The molecule has 0 unspecified atom stereocenters. The maximum absolute atomic E-state index is 13.4. The Morgan fingerprint density at radius 2 is 1.79 bits per heavy atom. The summed E-state index contributed by atoms with van der Waals surface area (Å²) in [6.45, 7) is 0.185. The van der Waals surface area contributed by atoms with Gasteiger partial charge in [-0.15, -0.1) is 0 Å². The number of methoxy groups -OCH3 is 2. The van der Waals surface area contributed by atoms with E-state index in [4.69, 9.17) is 9.47 Å². The first kappa shape index (κ1) is 22.5. The highest BCUT2D eigenvalue weighted by Crippen LogP contribution is 2.35. The third-order valence-electron chi connectivity index (χ3n) is 6.17. The van der Waals surface area contributed by atoms with E-state index in [0.29, 0.717) is 17.9 Å². The topological polar surface area (TPSA) is 81.0 Å². The standard InChI is InChI=1S/C26H28N2O5/c1-27(2)19-9-11-21-16(12-19)6-5-7-17-13-22(26(30)31)25(29)28(24(17)21)15-18-8-10-20(32-3)14-23(18)33-4/h8-14H,5-7,15H2,1-4H3,(H,30,31). The number of carboxylic acid groups (broad SMARTS) is 1. The van der Waals surface area contributed by atoms with Crippen molar-refractivity contribution in [3.05, 3.63) is 75.1 Å². The molecule has 1 aromatic heterocycles. The van der Waals surface area contributed by atoms with E-state index in [2.05, 4.69) is 11.0 Å². The van der Waals surface area contributed by atoms with Gasteiger partial charge in [-0.25, -0.2) is 4.79 Å². The molecule has 0 amide bonds. The number of pyridine rings is 1. The van der Waals surface area contributed by atoms with Gasteiger partial charge in [-0.2, -0.15) is 0 Å². The smallest absolute Gasteiger partial charge is 0.341 e. The third-order valence-corrected chi connectivity index (χ3v) is 6.17. The fourth-order valence-corrected chi connectivity index (χ4v) is 4.46. The van der Waals surface area contributed by atoms with Gasteiger partial charge in [0.25, 0.3) is 5.56 Å². The Morgan fingerprint density at radius 1 is 1.03 bits per heavy atom. The summed E-state index contributed by atoms with van der Waals surface area (Å²) in [6, 6.07) is 13.2. The second-order valence-corrected chi connectivity index (χ2v) is 8.40. The van der Waals surface area contributed by atoms with Gasteiger partial charge in [0.2, 0.25) is 0 Å². The first-order chi connectivity index (χ1) is 15.8. The van der Waals surface area contributed by atoms with Crippen molar-refractivity contribution in [2.24, 2.45) is 0 Å². The number of rotatable bonds is 6. The Hall–Kier alpha value is -3.74. The molecule has 7 nitrogen and oxygen atoms in total. The lowest BCUT2D eigenvalue weighted by Gasteiger charge is -2.21. The van der Waals surface area contributed by atoms with Crippen LogP contribution < -0.4 is 19.9 Å². The molecule has 0 saturated heterocycles. The summed E-state index contributed by atoms with van der Waals surface area (Å²) in [7, 11) is 7.14. The van der Waals surface area contributed by atoms with Crippen molar-refractivity contribution in [1.29, 1.82) is 0 Å². The van der Waals surface area contributed by atoms with Crippen molar-refractivity contribution in [2.75, 3.05) is 33.2 Å². The van der Waals surface area contributed by atoms with E-state index >= 15 is 0 Å². The maximum atomic E-state index is 13.4. The minimum Gasteiger partial charge on any atom is -0.497 e. The highest BCUT2D eigenvalue weighted by molar-refractivity contribution is 5.88. The highest BCUT2D eigenvalue weighted by Gasteiger charge is 2.24. The van der Waals surface area contributed by atoms with Gasteiger partial charge in [0, 0.05) is 37.0 Å². The second kappa shape index (κ2) is 9.02. The van der Waals surface area contributed by atoms with Crippen LogP contribution in [0.2, 0.25) is 0 Å². The summed E-state index contributed by atoms with van der Waals surface area (Å²) in [6.07, 6.45) is 2.43. The quantitative estimate of drug-likeness (QED) is 0.617. The summed E-state index contributed by atoms with van der Waals surface area (Å²) in [5.41, 5.74) is 4.88. The molecule has 4 rings (SSSR count). The van der Waals surface area contributed by atoms with E-state index in [1.54, 1.807) is 37.0 Å². The monoisotopic (exact) mass is 448 g/mol. The van der Waals surface area contributed by atoms with Gasteiger partial charge in [-0.3, -0.25) is 4.79 Å². The molecule has 1 heterocycles. The van der Waals surface area contributed by atoms with Crippen LogP contribution in [0, 0.1) is 0 Å². The minimum atomic E-state index is -1.22. The molecule has 0 spiro atoms. The number of aromatic nitrogens is 1. The Bertz CT molecular complexity index is 1280. The molecule has 33 heavy (non-hydrogen) atoms. The first-order valence-electron chi connectivity index (χ1n) is 10.9. The molecule has 2 aromatic carbocycles. The summed E-state index contributed by atoms with van der Waals surface area (Å²) in [4.78, 5) is 27.4.